The van der Waals surface area contributed by atoms with Crippen molar-refractivity contribution in [2.24, 2.45) is 5.92 Å². The summed E-state index contributed by atoms with van der Waals surface area (Å²) < 4.78 is 76.6. The molecule has 1 aliphatic rings. The van der Waals surface area contributed by atoms with Crippen LogP contribution in [-0.4, -0.2) is 24.0 Å². The van der Waals surface area contributed by atoms with Crippen LogP contribution in [0.4, 0.5) is 32.2 Å². The molecule has 0 spiro atoms. The minimum absolute atomic E-state index is 0.259. The van der Waals surface area contributed by atoms with E-state index in [1.54, 1.807) is 11.8 Å². The third-order valence-corrected chi connectivity index (χ3v) is 5.34. The molecule has 1 amide bonds. The number of halogens is 6. The number of aromatic nitrogens is 1. The zero-order valence-corrected chi connectivity index (χ0v) is 16.6. The molecule has 1 saturated heterocycles. The van der Waals surface area contributed by atoms with Crippen LogP contribution in [0.15, 0.2) is 42.6 Å². The van der Waals surface area contributed by atoms with E-state index < -0.39 is 29.5 Å². The maximum atomic E-state index is 12.9. The molecule has 4 nitrogen and oxygen atoms in total. The smallest absolute Gasteiger partial charge is 0.357 e. The van der Waals surface area contributed by atoms with E-state index in [1.165, 1.54) is 18.2 Å². The maximum absolute atomic E-state index is 12.9. The summed E-state index contributed by atoms with van der Waals surface area (Å²) in [4.78, 5) is 18.2. The lowest BCUT2D eigenvalue weighted by atomic mass is 9.95. The minimum atomic E-state index is -4.46. The van der Waals surface area contributed by atoms with E-state index in [9.17, 15) is 31.1 Å². The molecule has 0 radical (unpaired) electrons. The standard InChI is InChI=1S/C21H21F6N3O/c1-13(15-3-2-4-16(11-15)20(22,23)24)29-19(31)14-7-9-30(10-8-14)18-6-5-17(12-28-18)21(25,26)27/h2-6,11-14H,7-10H2,1H3,(H,29,31). The highest BCUT2D eigenvalue weighted by Crippen LogP contribution is 2.32. The number of piperidine rings is 1. The highest BCUT2D eigenvalue weighted by atomic mass is 19.4. The molecular formula is C21H21F6N3O. The molecule has 0 bridgehead atoms. The number of amides is 1. The molecule has 1 aromatic heterocycles. The molecule has 1 aliphatic heterocycles. The molecule has 2 heterocycles. The van der Waals surface area contributed by atoms with Gasteiger partial charge in [-0.15, -0.1) is 0 Å². The van der Waals surface area contributed by atoms with E-state index in [4.69, 9.17) is 0 Å². The largest absolute Gasteiger partial charge is 0.417 e. The van der Waals surface area contributed by atoms with E-state index in [2.05, 4.69) is 10.3 Å². The maximum Gasteiger partial charge on any atom is 0.417 e. The van der Waals surface area contributed by atoms with Gasteiger partial charge in [0.05, 0.1) is 17.2 Å². The van der Waals surface area contributed by atoms with Crippen LogP contribution in [0.2, 0.25) is 0 Å². The van der Waals surface area contributed by atoms with Gasteiger partial charge in [0.25, 0.3) is 0 Å². The average molecular weight is 445 g/mol. The quantitative estimate of drug-likeness (QED) is 0.657. The molecule has 1 atom stereocenters. The molecule has 31 heavy (non-hydrogen) atoms. The summed E-state index contributed by atoms with van der Waals surface area (Å²) in [5.74, 6) is -0.187. The van der Waals surface area contributed by atoms with E-state index in [0.717, 1.165) is 24.4 Å². The van der Waals surface area contributed by atoms with Gasteiger partial charge in [-0.05, 0) is 49.6 Å². The second-order valence-electron chi connectivity index (χ2n) is 7.52. The van der Waals surface area contributed by atoms with Crippen molar-refractivity contribution in [3.05, 3.63) is 59.3 Å². The highest BCUT2D eigenvalue weighted by molar-refractivity contribution is 5.79. The molecule has 2 aromatic rings. The van der Waals surface area contributed by atoms with Crippen molar-refractivity contribution in [3.8, 4) is 0 Å². The topological polar surface area (TPSA) is 45.2 Å². The lowest BCUT2D eigenvalue weighted by Crippen LogP contribution is -2.41. The molecule has 10 heteroatoms. The summed E-state index contributed by atoms with van der Waals surface area (Å²) in [5.41, 5.74) is -1.24. The molecule has 3 rings (SSSR count). The number of nitrogens with zero attached hydrogens (tertiary/aromatic N) is 2. The Bertz CT molecular complexity index is 903. The number of anilines is 1. The Kier molecular flexibility index (Phi) is 6.47. The highest BCUT2D eigenvalue weighted by Gasteiger charge is 2.32. The first-order valence-corrected chi connectivity index (χ1v) is 9.71. The van der Waals surface area contributed by atoms with Gasteiger partial charge < -0.3 is 10.2 Å². The minimum Gasteiger partial charge on any atom is -0.357 e. The Hall–Kier alpha value is -2.78. The summed E-state index contributed by atoms with van der Waals surface area (Å²) in [6, 6.07) is 6.50. The summed E-state index contributed by atoms with van der Waals surface area (Å²) in [6.45, 7) is 2.50. The van der Waals surface area contributed by atoms with Gasteiger partial charge in [-0.3, -0.25) is 4.79 Å². The Morgan fingerprint density at radius 2 is 1.68 bits per heavy atom. The van der Waals surface area contributed by atoms with Crippen LogP contribution in [0.3, 0.4) is 0 Å². The number of carbonyl (C=O) groups excluding carboxylic acids is 1. The van der Waals surface area contributed by atoms with Gasteiger partial charge in [0.1, 0.15) is 5.82 Å². The first-order chi connectivity index (χ1) is 14.4. The van der Waals surface area contributed by atoms with Gasteiger partial charge in [-0.1, -0.05) is 12.1 Å². The Balaban J connectivity index is 1.56. The molecular weight excluding hydrogens is 424 g/mol. The van der Waals surface area contributed by atoms with E-state index in [0.29, 0.717) is 37.3 Å². The molecule has 168 valence electrons. The van der Waals surface area contributed by atoms with Crippen LogP contribution >= 0.6 is 0 Å². The van der Waals surface area contributed by atoms with Crippen LogP contribution in [0.1, 0.15) is 42.5 Å². The van der Waals surface area contributed by atoms with Crippen molar-refractivity contribution in [3.63, 3.8) is 0 Å². The fraction of sp³-hybridized carbons (Fsp3) is 0.429. The number of rotatable bonds is 4. The van der Waals surface area contributed by atoms with Crippen LogP contribution in [0.25, 0.3) is 0 Å². The zero-order valence-electron chi connectivity index (χ0n) is 16.6. The van der Waals surface area contributed by atoms with Gasteiger partial charge in [0.2, 0.25) is 5.91 Å². The lowest BCUT2D eigenvalue weighted by Gasteiger charge is -2.32. The van der Waals surface area contributed by atoms with Crippen molar-refractivity contribution in [2.45, 2.75) is 38.2 Å². The van der Waals surface area contributed by atoms with Crippen molar-refractivity contribution in [2.75, 3.05) is 18.0 Å². The number of nitrogens with one attached hydrogen (secondary N) is 1. The zero-order chi connectivity index (χ0) is 22.8. The Labute approximate surface area is 175 Å². The normalized spacial score (nSPS) is 16.8. The van der Waals surface area contributed by atoms with Crippen molar-refractivity contribution in [1.82, 2.24) is 10.3 Å². The molecule has 1 fully saturated rings. The first kappa shape index (κ1) is 22.9. The molecule has 1 aromatic carbocycles. The van der Waals surface area contributed by atoms with Gasteiger partial charge in [0, 0.05) is 25.2 Å². The lowest BCUT2D eigenvalue weighted by molar-refractivity contribution is -0.138. The number of benzene rings is 1. The first-order valence-electron chi connectivity index (χ1n) is 9.71. The molecule has 0 saturated carbocycles. The van der Waals surface area contributed by atoms with Gasteiger partial charge >= 0.3 is 12.4 Å². The number of hydrogen-bond acceptors (Lipinski definition) is 3. The van der Waals surface area contributed by atoms with E-state index in [-0.39, 0.29) is 11.8 Å². The molecule has 1 N–H and O–H groups in total. The van der Waals surface area contributed by atoms with Crippen LogP contribution < -0.4 is 10.2 Å². The van der Waals surface area contributed by atoms with E-state index in [1.807, 2.05) is 0 Å². The second-order valence-corrected chi connectivity index (χ2v) is 7.52. The van der Waals surface area contributed by atoms with E-state index >= 15 is 0 Å². The summed E-state index contributed by atoms with van der Waals surface area (Å²) in [6.07, 6.45) is -7.20. The van der Waals surface area contributed by atoms with Crippen LogP contribution in [0.5, 0.6) is 0 Å². The van der Waals surface area contributed by atoms with Crippen molar-refractivity contribution < 1.29 is 31.1 Å². The third kappa shape index (κ3) is 5.68. The van der Waals surface area contributed by atoms with Crippen LogP contribution in [0, 0.1) is 5.92 Å². The fourth-order valence-electron chi connectivity index (χ4n) is 3.51. The number of carbonyl (C=O) groups is 1. The van der Waals surface area contributed by atoms with Crippen molar-refractivity contribution >= 4 is 11.7 Å². The third-order valence-electron chi connectivity index (χ3n) is 5.34. The molecule has 0 aliphatic carbocycles. The van der Waals surface area contributed by atoms with Crippen LogP contribution in [-0.2, 0) is 17.1 Å². The van der Waals surface area contributed by atoms with Crippen molar-refractivity contribution in [1.29, 1.82) is 0 Å². The van der Waals surface area contributed by atoms with Gasteiger partial charge in [0.15, 0.2) is 0 Å². The SMILES string of the molecule is CC(NC(=O)C1CCN(c2ccc(C(F)(F)F)cn2)CC1)c1cccc(C(F)(F)F)c1. The predicted molar refractivity (Wildman–Crippen MR) is 102 cm³/mol. The summed E-state index contributed by atoms with van der Waals surface area (Å²) in [7, 11) is 0. The number of hydrogen-bond donors (Lipinski definition) is 1. The fourth-order valence-corrected chi connectivity index (χ4v) is 3.51. The Morgan fingerprint density at radius 3 is 2.23 bits per heavy atom. The Morgan fingerprint density at radius 1 is 1.03 bits per heavy atom. The number of pyridine rings is 1. The summed E-state index contributed by atoms with van der Waals surface area (Å²) >= 11 is 0. The van der Waals surface area contributed by atoms with Gasteiger partial charge in [-0.2, -0.15) is 26.3 Å². The molecule has 1 unspecified atom stereocenters. The number of alkyl halides is 6. The monoisotopic (exact) mass is 445 g/mol. The summed E-state index contributed by atoms with van der Waals surface area (Å²) in [5, 5.41) is 2.76. The predicted octanol–water partition coefficient (Wildman–Crippen LogP) is 5.21. The van der Waals surface area contributed by atoms with Gasteiger partial charge in [-0.25, -0.2) is 4.98 Å². The second kappa shape index (κ2) is 8.76. The average Bonchev–Trinajstić information content (AvgIpc) is 2.73.